The highest BCUT2D eigenvalue weighted by atomic mass is 35.5. The van der Waals surface area contributed by atoms with Crippen molar-refractivity contribution in [2.75, 3.05) is 40.8 Å². The van der Waals surface area contributed by atoms with Gasteiger partial charge in [0.2, 0.25) is 10.0 Å². The summed E-state index contributed by atoms with van der Waals surface area (Å²) < 4.78 is 33.1. The highest BCUT2D eigenvalue weighted by Crippen LogP contribution is 2.29. The first kappa shape index (κ1) is 25.5. The zero-order valence-corrected chi connectivity index (χ0v) is 21.1. The van der Waals surface area contributed by atoms with Crippen LogP contribution in [0.1, 0.15) is 41.7 Å². The number of benzene rings is 2. The van der Waals surface area contributed by atoms with E-state index in [2.05, 4.69) is 5.32 Å². The quantitative estimate of drug-likeness (QED) is 0.605. The lowest BCUT2D eigenvalue weighted by atomic mass is 10.0. The van der Waals surface area contributed by atoms with Crippen molar-refractivity contribution in [2.45, 2.75) is 30.7 Å². The second-order valence-electron chi connectivity index (χ2n) is 8.72. The predicted octanol–water partition coefficient (Wildman–Crippen LogP) is 3.80. The Balaban J connectivity index is 1.77. The summed E-state index contributed by atoms with van der Waals surface area (Å²) in [4.78, 5) is 14.9. The van der Waals surface area contributed by atoms with Gasteiger partial charge in [0.15, 0.2) is 0 Å². The van der Waals surface area contributed by atoms with Gasteiger partial charge in [-0.15, -0.1) is 0 Å². The average Bonchev–Trinajstić information content (AvgIpc) is 2.79. The van der Waals surface area contributed by atoms with Crippen molar-refractivity contribution in [1.29, 1.82) is 0 Å². The number of carbonyl (C=O) groups is 1. The van der Waals surface area contributed by atoms with Crippen LogP contribution in [-0.2, 0) is 10.0 Å². The normalized spacial score (nSPS) is 18.2. The van der Waals surface area contributed by atoms with Crippen molar-refractivity contribution < 1.29 is 17.9 Å². The topological polar surface area (TPSA) is 78.9 Å². The van der Waals surface area contributed by atoms with E-state index < -0.39 is 10.0 Å². The lowest BCUT2D eigenvalue weighted by Gasteiger charge is -2.30. The van der Waals surface area contributed by atoms with Crippen molar-refractivity contribution in [1.82, 2.24) is 14.5 Å². The predicted molar refractivity (Wildman–Crippen MR) is 130 cm³/mol. The lowest BCUT2D eigenvalue weighted by Crippen LogP contribution is -2.39. The zero-order chi connectivity index (χ0) is 24.2. The van der Waals surface area contributed by atoms with Crippen LogP contribution in [0.3, 0.4) is 0 Å². The number of likely N-dealkylation sites (N-methyl/N-ethyl adjacent to an activating group) is 1. The van der Waals surface area contributed by atoms with E-state index >= 15 is 0 Å². The van der Waals surface area contributed by atoms with Crippen LogP contribution < -0.4 is 10.1 Å². The van der Waals surface area contributed by atoms with E-state index in [4.69, 9.17) is 16.3 Å². The highest BCUT2D eigenvalue weighted by Gasteiger charge is 2.31. The van der Waals surface area contributed by atoms with Crippen LogP contribution in [0.2, 0.25) is 5.02 Å². The summed E-state index contributed by atoms with van der Waals surface area (Å²) >= 11 is 6.26. The Labute approximate surface area is 201 Å². The minimum atomic E-state index is -3.77. The van der Waals surface area contributed by atoms with Crippen molar-refractivity contribution in [2.24, 2.45) is 5.92 Å². The number of sulfonamides is 1. The Bertz CT molecular complexity index is 1070. The Morgan fingerprint density at radius 3 is 2.55 bits per heavy atom. The molecule has 1 amide bonds. The molecule has 0 aromatic heterocycles. The summed E-state index contributed by atoms with van der Waals surface area (Å²) in [6.45, 7) is 3.32. The van der Waals surface area contributed by atoms with Crippen LogP contribution in [0.5, 0.6) is 5.75 Å². The molecule has 0 saturated carbocycles. The molecule has 2 aromatic rings. The van der Waals surface area contributed by atoms with Gasteiger partial charge in [-0.2, -0.15) is 4.31 Å². The molecule has 0 bridgehead atoms. The molecule has 3 rings (SSSR count). The molecule has 1 fully saturated rings. The third-order valence-corrected chi connectivity index (χ3v) is 8.36. The summed E-state index contributed by atoms with van der Waals surface area (Å²) in [5, 5.41) is 3.05. The molecule has 7 nitrogen and oxygen atoms in total. The molecule has 2 atom stereocenters. The number of rotatable bonds is 8. The van der Waals surface area contributed by atoms with Crippen LogP contribution in [-0.4, -0.2) is 64.4 Å². The maximum Gasteiger partial charge on any atom is 0.251 e. The first-order valence-electron chi connectivity index (χ1n) is 11.0. The Hall–Kier alpha value is -2.13. The molecule has 2 aromatic carbocycles. The van der Waals surface area contributed by atoms with Gasteiger partial charge >= 0.3 is 0 Å². The number of ether oxygens (including phenoxy) is 1. The largest absolute Gasteiger partial charge is 0.497 e. The van der Waals surface area contributed by atoms with E-state index in [-0.39, 0.29) is 27.4 Å². The van der Waals surface area contributed by atoms with E-state index in [1.54, 1.807) is 13.2 Å². The van der Waals surface area contributed by atoms with Crippen molar-refractivity contribution in [3.63, 3.8) is 0 Å². The third-order valence-electron chi connectivity index (χ3n) is 6.01. The van der Waals surface area contributed by atoms with Gasteiger partial charge < -0.3 is 15.0 Å². The van der Waals surface area contributed by atoms with E-state index in [0.717, 1.165) is 24.2 Å². The fourth-order valence-corrected chi connectivity index (χ4v) is 6.16. The second-order valence-corrected chi connectivity index (χ2v) is 11.0. The van der Waals surface area contributed by atoms with Crippen LogP contribution in [0.4, 0.5) is 0 Å². The molecule has 0 radical (unpaired) electrons. The summed E-state index contributed by atoms with van der Waals surface area (Å²) in [5.41, 5.74) is 1.29. The first-order valence-corrected chi connectivity index (χ1v) is 12.8. The van der Waals surface area contributed by atoms with Crippen LogP contribution >= 0.6 is 11.6 Å². The molecule has 1 heterocycles. The second kappa shape index (κ2) is 10.9. The molecule has 180 valence electrons. The molecule has 1 N–H and O–H groups in total. The maximum absolute atomic E-state index is 13.2. The molecule has 9 heteroatoms. The Morgan fingerprint density at radius 1 is 1.24 bits per heavy atom. The summed E-state index contributed by atoms with van der Waals surface area (Å²) in [5.74, 6) is 0.702. The van der Waals surface area contributed by atoms with Gasteiger partial charge in [0.05, 0.1) is 18.2 Å². The average molecular weight is 494 g/mol. The fourth-order valence-electron chi connectivity index (χ4n) is 4.06. The smallest absolute Gasteiger partial charge is 0.251 e. The number of hydrogen-bond acceptors (Lipinski definition) is 5. The molecule has 1 saturated heterocycles. The lowest BCUT2D eigenvalue weighted by molar-refractivity contribution is 0.0941. The highest BCUT2D eigenvalue weighted by molar-refractivity contribution is 7.89. The number of nitrogens with one attached hydrogen (secondary N) is 1. The molecule has 33 heavy (non-hydrogen) atoms. The molecular weight excluding hydrogens is 462 g/mol. The Morgan fingerprint density at radius 2 is 1.94 bits per heavy atom. The standard InChI is InChI=1S/C24H32ClN3O4S/c1-17-6-5-13-28(16-17)33(30,31)23-14-19(9-12-21(23)25)24(29)26-15-22(27(2)3)18-7-10-20(32-4)11-8-18/h7-12,14,17,22H,5-6,13,15-16H2,1-4H3,(H,26,29)/t17-,22-/m1/s1. The van der Waals surface area contributed by atoms with Gasteiger partial charge in [0.1, 0.15) is 10.6 Å². The van der Waals surface area contributed by atoms with E-state index in [1.165, 1.54) is 16.4 Å². The summed E-state index contributed by atoms with van der Waals surface area (Å²) in [7, 11) is 1.72. The number of amides is 1. The van der Waals surface area contributed by atoms with Gasteiger partial charge in [-0.1, -0.05) is 30.7 Å². The van der Waals surface area contributed by atoms with Crippen LogP contribution in [0.15, 0.2) is 47.4 Å². The van der Waals surface area contributed by atoms with Crippen LogP contribution in [0.25, 0.3) is 0 Å². The van der Waals surface area contributed by atoms with Gasteiger partial charge in [-0.3, -0.25) is 4.79 Å². The van der Waals surface area contributed by atoms with E-state index in [0.29, 0.717) is 25.6 Å². The first-order chi connectivity index (χ1) is 15.6. The number of hydrogen-bond donors (Lipinski definition) is 1. The molecular formula is C24H32ClN3O4S. The molecule has 0 spiro atoms. The monoisotopic (exact) mass is 493 g/mol. The van der Waals surface area contributed by atoms with Gasteiger partial charge in [-0.05, 0) is 68.8 Å². The van der Waals surface area contributed by atoms with E-state index in [1.807, 2.05) is 50.2 Å². The molecule has 1 aliphatic heterocycles. The SMILES string of the molecule is COc1ccc([C@@H](CNC(=O)c2ccc(Cl)c(S(=O)(=O)N3CCC[C@@H](C)C3)c2)N(C)C)cc1. The van der Waals surface area contributed by atoms with Gasteiger partial charge in [0.25, 0.3) is 5.91 Å². The van der Waals surface area contributed by atoms with Crippen molar-refractivity contribution in [3.05, 3.63) is 58.6 Å². The minimum absolute atomic E-state index is 0.0229. The van der Waals surface area contributed by atoms with Gasteiger partial charge in [0, 0.05) is 25.2 Å². The molecule has 1 aliphatic rings. The molecule has 0 unspecified atom stereocenters. The summed E-state index contributed by atoms with van der Waals surface area (Å²) in [6, 6.07) is 12.0. The number of methoxy groups -OCH3 is 1. The van der Waals surface area contributed by atoms with Crippen molar-refractivity contribution in [3.8, 4) is 5.75 Å². The number of nitrogens with zero attached hydrogens (tertiary/aromatic N) is 2. The van der Waals surface area contributed by atoms with Crippen LogP contribution in [0, 0.1) is 5.92 Å². The number of halogens is 1. The summed E-state index contributed by atoms with van der Waals surface area (Å²) in [6.07, 6.45) is 1.82. The number of piperidine rings is 1. The maximum atomic E-state index is 13.2. The molecule has 0 aliphatic carbocycles. The van der Waals surface area contributed by atoms with Gasteiger partial charge in [-0.25, -0.2) is 8.42 Å². The minimum Gasteiger partial charge on any atom is -0.497 e. The van der Waals surface area contributed by atoms with Crippen molar-refractivity contribution >= 4 is 27.5 Å². The van der Waals surface area contributed by atoms with E-state index in [9.17, 15) is 13.2 Å². The fraction of sp³-hybridized carbons (Fsp3) is 0.458. The Kier molecular flexibility index (Phi) is 8.39. The number of carbonyl (C=O) groups excluding carboxylic acids is 1. The third kappa shape index (κ3) is 6.06. The zero-order valence-electron chi connectivity index (χ0n) is 19.5.